The van der Waals surface area contributed by atoms with Crippen LogP contribution in [0.2, 0.25) is 0 Å². The van der Waals surface area contributed by atoms with E-state index in [0.29, 0.717) is 18.7 Å². The standard InChI is InChI=1S/C12H14FN3O/c1-2-16-11(8-14-15-16)12(17)7-9-4-3-5-10(13)6-9/h3-6,8,12,17H,2,7H2,1H3. The molecule has 0 saturated heterocycles. The molecule has 2 rings (SSSR count). The van der Waals surface area contributed by atoms with E-state index in [2.05, 4.69) is 10.3 Å². The zero-order valence-corrected chi connectivity index (χ0v) is 9.55. The van der Waals surface area contributed by atoms with E-state index >= 15 is 0 Å². The molecule has 0 spiro atoms. The molecule has 0 radical (unpaired) electrons. The maximum absolute atomic E-state index is 13.0. The Bertz CT molecular complexity index is 498. The number of hydrogen-bond donors (Lipinski definition) is 1. The van der Waals surface area contributed by atoms with Crippen molar-refractivity contribution in [3.8, 4) is 0 Å². The molecule has 5 heteroatoms. The minimum Gasteiger partial charge on any atom is -0.386 e. The summed E-state index contributed by atoms with van der Waals surface area (Å²) < 4.78 is 14.6. The van der Waals surface area contributed by atoms with Crippen LogP contribution in [-0.4, -0.2) is 20.1 Å². The summed E-state index contributed by atoms with van der Waals surface area (Å²) in [5.74, 6) is -0.295. The molecule has 4 nitrogen and oxygen atoms in total. The maximum Gasteiger partial charge on any atom is 0.123 e. The molecule has 0 amide bonds. The fourth-order valence-electron chi connectivity index (χ4n) is 1.76. The molecule has 1 aromatic carbocycles. The van der Waals surface area contributed by atoms with Crippen LogP contribution < -0.4 is 0 Å². The molecule has 1 N–H and O–H groups in total. The van der Waals surface area contributed by atoms with E-state index in [1.54, 1.807) is 16.8 Å². The third kappa shape index (κ3) is 2.68. The van der Waals surface area contributed by atoms with E-state index in [-0.39, 0.29) is 5.82 Å². The van der Waals surface area contributed by atoms with Crippen molar-refractivity contribution in [2.24, 2.45) is 0 Å². The summed E-state index contributed by atoms with van der Waals surface area (Å²) in [5.41, 5.74) is 1.40. The first-order chi connectivity index (χ1) is 8.20. The largest absolute Gasteiger partial charge is 0.386 e. The molecule has 17 heavy (non-hydrogen) atoms. The van der Waals surface area contributed by atoms with Gasteiger partial charge in [0.05, 0.1) is 11.9 Å². The summed E-state index contributed by atoms with van der Waals surface area (Å²) >= 11 is 0. The quantitative estimate of drug-likeness (QED) is 0.877. The van der Waals surface area contributed by atoms with Gasteiger partial charge in [-0.3, -0.25) is 0 Å². The van der Waals surface area contributed by atoms with E-state index in [1.165, 1.54) is 18.3 Å². The summed E-state index contributed by atoms with van der Waals surface area (Å²) in [6, 6.07) is 6.22. The van der Waals surface area contributed by atoms with Crippen LogP contribution in [0.1, 0.15) is 24.3 Å². The zero-order chi connectivity index (χ0) is 12.3. The molecule has 0 aliphatic heterocycles. The number of hydrogen-bond acceptors (Lipinski definition) is 3. The topological polar surface area (TPSA) is 50.9 Å². The van der Waals surface area contributed by atoms with Gasteiger partial charge in [0.15, 0.2) is 0 Å². The molecule has 0 bridgehead atoms. The van der Waals surface area contributed by atoms with Crippen molar-refractivity contribution in [2.45, 2.75) is 26.0 Å². The van der Waals surface area contributed by atoms with Crippen molar-refractivity contribution < 1.29 is 9.50 Å². The van der Waals surface area contributed by atoms with Gasteiger partial charge in [-0.25, -0.2) is 9.07 Å². The Morgan fingerprint density at radius 3 is 3.00 bits per heavy atom. The van der Waals surface area contributed by atoms with Crippen LogP contribution >= 0.6 is 0 Å². The highest BCUT2D eigenvalue weighted by Crippen LogP contribution is 2.17. The fraction of sp³-hybridized carbons (Fsp3) is 0.333. The van der Waals surface area contributed by atoms with Crippen molar-refractivity contribution in [3.63, 3.8) is 0 Å². The van der Waals surface area contributed by atoms with Gasteiger partial charge in [0.1, 0.15) is 11.9 Å². The predicted molar refractivity (Wildman–Crippen MR) is 60.8 cm³/mol. The van der Waals surface area contributed by atoms with Crippen molar-refractivity contribution >= 4 is 0 Å². The zero-order valence-electron chi connectivity index (χ0n) is 9.55. The Kier molecular flexibility index (Phi) is 3.49. The lowest BCUT2D eigenvalue weighted by Crippen LogP contribution is -2.10. The Labute approximate surface area is 98.7 Å². The first-order valence-electron chi connectivity index (χ1n) is 5.51. The van der Waals surface area contributed by atoms with Crippen LogP contribution in [0.3, 0.4) is 0 Å². The second kappa shape index (κ2) is 5.05. The average Bonchev–Trinajstić information content (AvgIpc) is 2.77. The van der Waals surface area contributed by atoms with Gasteiger partial charge < -0.3 is 5.11 Å². The van der Waals surface area contributed by atoms with Gasteiger partial charge in [-0.15, -0.1) is 5.10 Å². The van der Waals surface area contributed by atoms with Crippen molar-refractivity contribution in [1.29, 1.82) is 0 Å². The van der Waals surface area contributed by atoms with Crippen LogP contribution in [0.25, 0.3) is 0 Å². The summed E-state index contributed by atoms with van der Waals surface area (Å²) in [4.78, 5) is 0. The second-order valence-corrected chi connectivity index (χ2v) is 3.82. The number of rotatable bonds is 4. The van der Waals surface area contributed by atoms with Crippen molar-refractivity contribution in [1.82, 2.24) is 15.0 Å². The highest BCUT2D eigenvalue weighted by molar-refractivity contribution is 5.18. The van der Waals surface area contributed by atoms with E-state index in [0.717, 1.165) is 5.56 Å². The SMILES string of the molecule is CCn1nncc1C(O)Cc1cccc(F)c1. The van der Waals surface area contributed by atoms with E-state index in [4.69, 9.17) is 0 Å². The van der Waals surface area contributed by atoms with Gasteiger partial charge in [0, 0.05) is 13.0 Å². The molecule has 1 unspecified atom stereocenters. The first kappa shape index (κ1) is 11.7. The van der Waals surface area contributed by atoms with Gasteiger partial charge in [0.2, 0.25) is 0 Å². The van der Waals surface area contributed by atoms with Crippen molar-refractivity contribution in [3.05, 3.63) is 47.5 Å². The molecule has 0 saturated carbocycles. The van der Waals surface area contributed by atoms with Crippen LogP contribution in [-0.2, 0) is 13.0 Å². The molecule has 0 fully saturated rings. The van der Waals surface area contributed by atoms with Gasteiger partial charge in [-0.2, -0.15) is 0 Å². The molecule has 90 valence electrons. The van der Waals surface area contributed by atoms with Crippen LogP contribution in [0, 0.1) is 5.82 Å². The average molecular weight is 235 g/mol. The highest BCUT2D eigenvalue weighted by Gasteiger charge is 2.14. The summed E-state index contributed by atoms with van der Waals surface area (Å²) in [5, 5.41) is 17.6. The molecule has 1 aromatic heterocycles. The molecular formula is C12H14FN3O. The van der Waals surface area contributed by atoms with Crippen LogP contribution in [0.5, 0.6) is 0 Å². The maximum atomic E-state index is 13.0. The number of aryl methyl sites for hydroxylation is 1. The third-order valence-electron chi connectivity index (χ3n) is 2.61. The smallest absolute Gasteiger partial charge is 0.123 e. The van der Waals surface area contributed by atoms with Gasteiger partial charge in [0.25, 0.3) is 0 Å². The Hall–Kier alpha value is -1.75. The minimum atomic E-state index is -0.716. The molecule has 1 heterocycles. The van der Waals surface area contributed by atoms with Crippen LogP contribution in [0.15, 0.2) is 30.5 Å². The number of halogens is 1. The minimum absolute atomic E-state index is 0.295. The number of benzene rings is 1. The normalized spacial score (nSPS) is 12.6. The van der Waals surface area contributed by atoms with Gasteiger partial charge in [-0.05, 0) is 24.6 Å². The number of nitrogens with zero attached hydrogens (tertiary/aromatic N) is 3. The lowest BCUT2D eigenvalue weighted by atomic mass is 10.1. The number of aliphatic hydroxyl groups excluding tert-OH is 1. The predicted octanol–water partition coefficient (Wildman–Crippen LogP) is 1.71. The first-order valence-corrected chi connectivity index (χ1v) is 5.51. The second-order valence-electron chi connectivity index (χ2n) is 3.82. The lowest BCUT2D eigenvalue weighted by molar-refractivity contribution is 0.167. The van der Waals surface area contributed by atoms with Gasteiger partial charge >= 0.3 is 0 Å². The molecular weight excluding hydrogens is 221 g/mol. The Balaban J connectivity index is 2.14. The Morgan fingerprint density at radius 1 is 1.47 bits per heavy atom. The highest BCUT2D eigenvalue weighted by atomic mass is 19.1. The molecule has 1 atom stereocenters. The fourth-order valence-corrected chi connectivity index (χ4v) is 1.76. The van der Waals surface area contributed by atoms with Gasteiger partial charge in [-0.1, -0.05) is 17.3 Å². The Morgan fingerprint density at radius 2 is 2.29 bits per heavy atom. The van der Waals surface area contributed by atoms with E-state index in [1.807, 2.05) is 6.92 Å². The monoisotopic (exact) mass is 235 g/mol. The summed E-state index contributed by atoms with van der Waals surface area (Å²) in [6.07, 6.45) is 1.17. The third-order valence-corrected chi connectivity index (χ3v) is 2.61. The molecule has 2 aromatic rings. The van der Waals surface area contributed by atoms with E-state index in [9.17, 15) is 9.50 Å². The summed E-state index contributed by atoms with van der Waals surface area (Å²) in [6.45, 7) is 2.57. The molecule has 0 aliphatic carbocycles. The number of aliphatic hydroxyl groups is 1. The van der Waals surface area contributed by atoms with Crippen molar-refractivity contribution in [2.75, 3.05) is 0 Å². The lowest BCUT2D eigenvalue weighted by Gasteiger charge is -2.11. The van der Waals surface area contributed by atoms with E-state index < -0.39 is 6.10 Å². The van der Waals surface area contributed by atoms with Crippen LogP contribution in [0.4, 0.5) is 4.39 Å². The number of aromatic nitrogens is 3. The molecule has 0 aliphatic rings. The summed E-state index contributed by atoms with van der Waals surface area (Å²) in [7, 11) is 0.